The summed E-state index contributed by atoms with van der Waals surface area (Å²) in [5, 5.41) is 18.4. The van der Waals surface area contributed by atoms with Crippen LogP contribution in [0.3, 0.4) is 0 Å². The Hall–Kier alpha value is -0.160. The molecule has 0 fully saturated rings. The maximum atomic E-state index is 9.60. The summed E-state index contributed by atoms with van der Waals surface area (Å²) >= 11 is 0. The van der Waals surface area contributed by atoms with Gasteiger partial charge in [-0.15, -0.1) is 0 Å². The van der Waals surface area contributed by atoms with Gasteiger partial charge in [0.2, 0.25) is 0 Å². The molecular formula is C12H26O4. The second-order valence-corrected chi connectivity index (χ2v) is 4.73. The van der Waals surface area contributed by atoms with E-state index in [0.29, 0.717) is 19.4 Å². The van der Waals surface area contributed by atoms with Crippen LogP contribution >= 0.6 is 0 Å². The van der Waals surface area contributed by atoms with Crippen LogP contribution in [-0.2, 0) is 9.78 Å². The van der Waals surface area contributed by atoms with Gasteiger partial charge in [-0.25, -0.2) is 9.78 Å². The molecular weight excluding hydrogens is 208 g/mol. The molecule has 0 bridgehead atoms. The summed E-state index contributed by atoms with van der Waals surface area (Å²) in [7, 11) is 0. The monoisotopic (exact) mass is 234 g/mol. The minimum absolute atomic E-state index is 0.0669. The lowest BCUT2D eigenvalue weighted by molar-refractivity contribution is -0.367. The molecule has 3 atom stereocenters. The van der Waals surface area contributed by atoms with Crippen molar-refractivity contribution in [1.29, 1.82) is 0 Å². The zero-order valence-corrected chi connectivity index (χ0v) is 10.9. The molecule has 98 valence electrons. The van der Waals surface area contributed by atoms with E-state index < -0.39 is 5.60 Å². The Labute approximate surface area is 98.5 Å². The average molecular weight is 234 g/mol. The van der Waals surface area contributed by atoms with Crippen LogP contribution in [0.4, 0.5) is 0 Å². The fourth-order valence-electron chi connectivity index (χ4n) is 1.23. The molecule has 0 aromatic heterocycles. The quantitative estimate of drug-likeness (QED) is 0.472. The van der Waals surface area contributed by atoms with E-state index in [1.807, 2.05) is 27.7 Å². The number of aliphatic hydroxyl groups excluding tert-OH is 2. The molecule has 0 heterocycles. The van der Waals surface area contributed by atoms with Gasteiger partial charge in [0.25, 0.3) is 0 Å². The van der Waals surface area contributed by atoms with Gasteiger partial charge in [0.1, 0.15) is 5.60 Å². The zero-order valence-electron chi connectivity index (χ0n) is 10.9. The highest BCUT2D eigenvalue weighted by molar-refractivity contribution is 4.75. The van der Waals surface area contributed by atoms with Crippen LogP contribution in [0.25, 0.3) is 0 Å². The largest absolute Gasteiger partial charge is 0.396 e. The van der Waals surface area contributed by atoms with Crippen molar-refractivity contribution < 1.29 is 20.0 Å². The van der Waals surface area contributed by atoms with Crippen molar-refractivity contribution in [2.75, 3.05) is 13.2 Å². The molecule has 0 aromatic carbocycles. The van der Waals surface area contributed by atoms with Crippen LogP contribution in [-0.4, -0.2) is 35.1 Å². The molecule has 0 amide bonds. The minimum Gasteiger partial charge on any atom is -0.396 e. The Morgan fingerprint density at radius 2 is 1.94 bits per heavy atom. The first-order valence-electron chi connectivity index (χ1n) is 6.07. The molecule has 0 aliphatic carbocycles. The number of hydrogen-bond acceptors (Lipinski definition) is 4. The normalized spacial score (nSPS) is 19.1. The Bertz CT molecular complexity index is 174. The fraction of sp³-hybridized carbons (Fsp3) is 1.00. The predicted molar refractivity (Wildman–Crippen MR) is 62.9 cm³/mol. The van der Waals surface area contributed by atoms with E-state index in [4.69, 9.17) is 14.9 Å². The Balaban J connectivity index is 3.96. The molecule has 4 heteroatoms. The summed E-state index contributed by atoms with van der Waals surface area (Å²) in [5.74, 6) is 0.0669. The first-order chi connectivity index (χ1) is 7.47. The summed E-state index contributed by atoms with van der Waals surface area (Å²) in [5.41, 5.74) is -0.454. The van der Waals surface area contributed by atoms with E-state index in [2.05, 4.69) is 0 Å². The minimum atomic E-state index is -0.454. The molecule has 0 saturated carbocycles. The van der Waals surface area contributed by atoms with Gasteiger partial charge in [-0.3, -0.25) is 0 Å². The number of hydrogen-bond donors (Lipinski definition) is 2. The van der Waals surface area contributed by atoms with Gasteiger partial charge in [-0.1, -0.05) is 20.8 Å². The van der Waals surface area contributed by atoms with E-state index in [-0.39, 0.29) is 18.6 Å². The lowest BCUT2D eigenvalue weighted by Gasteiger charge is -2.29. The van der Waals surface area contributed by atoms with E-state index >= 15 is 0 Å². The van der Waals surface area contributed by atoms with Gasteiger partial charge >= 0.3 is 0 Å². The molecule has 0 aliphatic rings. The molecule has 0 saturated heterocycles. The third-order valence-corrected chi connectivity index (χ3v) is 2.81. The van der Waals surface area contributed by atoms with Crippen LogP contribution in [0.2, 0.25) is 0 Å². The van der Waals surface area contributed by atoms with Crippen molar-refractivity contribution in [3.8, 4) is 0 Å². The number of rotatable bonds is 9. The standard InChI is InChI=1S/C12H26O4/c1-5-11(14)7-12(4,6-2)16-15-9-10(3)8-13/h10-11,13-14H,5-9H2,1-4H3. The molecule has 0 spiro atoms. The highest BCUT2D eigenvalue weighted by Crippen LogP contribution is 2.23. The maximum Gasteiger partial charge on any atom is 0.103 e. The van der Waals surface area contributed by atoms with Crippen LogP contribution in [0.15, 0.2) is 0 Å². The van der Waals surface area contributed by atoms with Crippen LogP contribution in [0, 0.1) is 5.92 Å². The van der Waals surface area contributed by atoms with Crippen molar-refractivity contribution in [3.05, 3.63) is 0 Å². The third-order valence-electron chi connectivity index (χ3n) is 2.81. The van der Waals surface area contributed by atoms with Crippen molar-refractivity contribution >= 4 is 0 Å². The lowest BCUT2D eigenvalue weighted by atomic mass is 9.95. The van der Waals surface area contributed by atoms with Gasteiger partial charge in [0.05, 0.1) is 12.7 Å². The van der Waals surface area contributed by atoms with Crippen LogP contribution in [0.1, 0.15) is 47.0 Å². The van der Waals surface area contributed by atoms with Gasteiger partial charge in [0.15, 0.2) is 0 Å². The highest BCUT2D eigenvalue weighted by atomic mass is 17.2. The summed E-state index contributed by atoms with van der Waals surface area (Å²) in [6, 6.07) is 0. The predicted octanol–water partition coefficient (Wildman–Crippen LogP) is 1.89. The fourth-order valence-corrected chi connectivity index (χ4v) is 1.23. The van der Waals surface area contributed by atoms with Crippen molar-refractivity contribution in [1.82, 2.24) is 0 Å². The topological polar surface area (TPSA) is 58.9 Å². The Kier molecular flexibility index (Phi) is 7.93. The molecule has 0 aliphatic heterocycles. The van der Waals surface area contributed by atoms with Crippen molar-refractivity contribution in [2.24, 2.45) is 5.92 Å². The van der Waals surface area contributed by atoms with Gasteiger partial charge < -0.3 is 10.2 Å². The molecule has 3 unspecified atom stereocenters. The summed E-state index contributed by atoms with van der Waals surface area (Å²) in [6.07, 6.45) is 1.70. The van der Waals surface area contributed by atoms with E-state index in [0.717, 1.165) is 6.42 Å². The summed E-state index contributed by atoms with van der Waals surface area (Å²) < 4.78 is 0. The van der Waals surface area contributed by atoms with Crippen LogP contribution in [0.5, 0.6) is 0 Å². The Morgan fingerprint density at radius 1 is 1.31 bits per heavy atom. The van der Waals surface area contributed by atoms with Crippen molar-refractivity contribution in [2.45, 2.75) is 58.7 Å². The molecule has 0 rings (SSSR count). The number of aliphatic hydroxyl groups is 2. The highest BCUT2D eigenvalue weighted by Gasteiger charge is 2.27. The van der Waals surface area contributed by atoms with E-state index in [1.54, 1.807) is 0 Å². The SMILES string of the molecule is CCC(O)CC(C)(CC)OOCC(C)CO. The average Bonchev–Trinajstić information content (AvgIpc) is 2.28. The van der Waals surface area contributed by atoms with Gasteiger partial charge in [-0.05, 0) is 19.8 Å². The lowest BCUT2D eigenvalue weighted by Crippen LogP contribution is -2.33. The molecule has 0 aromatic rings. The van der Waals surface area contributed by atoms with E-state index in [9.17, 15) is 5.11 Å². The first-order valence-corrected chi connectivity index (χ1v) is 6.07. The maximum absolute atomic E-state index is 9.60. The van der Waals surface area contributed by atoms with Crippen molar-refractivity contribution in [3.63, 3.8) is 0 Å². The zero-order chi connectivity index (χ0) is 12.6. The van der Waals surface area contributed by atoms with E-state index in [1.165, 1.54) is 0 Å². The Morgan fingerprint density at radius 3 is 2.38 bits per heavy atom. The first kappa shape index (κ1) is 15.8. The van der Waals surface area contributed by atoms with Crippen LogP contribution < -0.4 is 0 Å². The van der Waals surface area contributed by atoms with Gasteiger partial charge in [-0.2, -0.15) is 0 Å². The molecule has 0 radical (unpaired) electrons. The third kappa shape index (κ3) is 6.43. The van der Waals surface area contributed by atoms with Gasteiger partial charge in [0, 0.05) is 18.9 Å². The molecule has 16 heavy (non-hydrogen) atoms. The second-order valence-electron chi connectivity index (χ2n) is 4.73. The summed E-state index contributed by atoms with van der Waals surface area (Å²) in [4.78, 5) is 10.5. The smallest absolute Gasteiger partial charge is 0.103 e. The summed E-state index contributed by atoms with van der Waals surface area (Å²) in [6.45, 7) is 8.21. The molecule has 4 nitrogen and oxygen atoms in total. The molecule has 2 N–H and O–H groups in total. The second kappa shape index (κ2) is 8.01.